The van der Waals surface area contributed by atoms with Crippen LogP contribution in [0.25, 0.3) is 0 Å². The molecule has 1 unspecified atom stereocenters. The summed E-state index contributed by atoms with van der Waals surface area (Å²) in [6.07, 6.45) is 2.56. The zero-order chi connectivity index (χ0) is 27.4. The molecule has 6 nitrogen and oxygen atoms in total. The van der Waals surface area contributed by atoms with Gasteiger partial charge >= 0.3 is 0 Å². The normalized spacial score (nSPS) is 18.1. The number of benzene rings is 4. The highest BCUT2D eigenvalue weighted by atomic mass is 19.1. The molecule has 0 aliphatic carbocycles. The summed E-state index contributed by atoms with van der Waals surface area (Å²) in [6, 6.07) is 27.4. The molecular weight excluding hydrogens is 497 g/mol. The van der Waals surface area contributed by atoms with Gasteiger partial charge < -0.3 is 19.7 Å². The van der Waals surface area contributed by atoms with Crippen molar-refractivity contribution in [2.75, 3.05) is 25.2 Å². The van der Waals surface area contributed by atoms with Crippen molar-refractivity contribution in [2.45, 2.75) is 24.5 Å². The monoisotopic (exact) mass is 527 g/mol. The highest BCUT2D eigenvalue weighted by Gasteiger charge is 2.54. The number of hydrogen-bond acceptors (Lipinski definition) is 5. The van der Waals surface area contributed by atoms with Crippen LogP contribution in [0.15, 0.2) is 97.1 Å². The third kappa shape index (κ3) is 4.87. The quantitative estimate of drug-likeness (QED) is 0.348. The molecule has 1 saturated heterocycles. The summed E-state index contributed by atoms with van der Waals surface area (Å²) < 4.78 is 24.2. The predicted octanol–water partition coefficient (Wildman–Crippen LogP) is 5.71. The van der Waals surface area contributed by atoms with Gasteiger partial charge in [0.15, 0.2) is 11.6 Å². The number of carbonyl (C=O) groups is 1. The fourth-order valence-electron chi connectivity index (χ4n) is 5.17. The molecule has 39 heavy (non-hydrogen) atoms. The minimum absolute atomic E-state index is 0.148. The van der Waals surface area contributed by atoms with Gasteiger partial charge in [-0.15, -0.1) is 0 Å². The molecule has 6 rings (SSSR count). The van der Waals surface area contributed by atoms with Gasteiger partial charge in [-0.3, -0.25) is 9.69 Å². The Kier molecular flexibility index (Phi) is 7.63. The fraction of sp³-hybridized carbons (Fsp3) is 0.219. The number of halogens is 1. The number of anilines is 1. The summed E-state index contributed by atoms with van der Waals surface area (Å²) in [5.41, 5.74) is 0.0922. The number of carbonyl (C=O) groups excluding carboxylic acids is 1. The van der Waals surface area contributed by atoms with Gasteiger partial charge in [-0.2, -0.15) is 0 Å². The van der Waals surface area contributed by atoms with Crippen molar-refractivity contribution < 1.29 is 28.9 Å². The molecule has 0 bridgehead atoms. The van der Waals surface area contributed by atoms with Gasteiger partial charge in [0.2, 0.25) is 5.60 Å². The molecule has 200 valence electrons. The first-order valence-electron chi connectivity index (χ1n) is 12.9. The van der Waals surface area contributed by atoms with Gasteiger partial charge in [0, 0.05) is 30.4 Å². The number of para-hydroxylation sites is 1. The predicted molar refractivity (Wildman–Crippen MR) is 146 cm³/mol. The van der Waals surface area contributed by atoms with Gasteiger partial charge in [0.25, 0.3) is 5.91 Å². The number of fused-ring (bicyclic) bond motifs is 1. The van der Waals surface area contributed by atoms with Gasteiger partial charge in [0.1, 0.15) is 5.75 Å². The summed E-state index contributed by atoms with van der Waals surface area (Å²) in [6.45, 7) is 2.00. The number of rotatable bonds is 5. The number of phenols is 1. The van der Waals surface area contributed by atoms with Gasteiger partial charge in [-0.25, -0.2) is 4.39 Å². The summed E-state index contributed by atoms with van der Waals surface area (Å²) in [5, 5.41) is 22.6. The topological polar surface area (TPSA) is 79.2 Å². The Bertz CT molecular complexity index is 1390. The molecule has 0 spiro atoms. The molecular formula is C32H30FNO5. The lowest BCUT2D eigenvalue weighted by atomic mass is 9.86. The Balaban J connectivity index is 0.000000555. The number of ether oxygens (including phenoxy) is 2. The zero-order valence-corrected chi connectivity index (χ0v) is 21.6. The van der Waals surface area contributed by atoms with E-state index in [4.69, 9.17) is 9.47 Å². The standard InChI is InChI=1S/C28H22FNO4.C4H8O/c1-34-25-16-21(24(31)17-22(25)29)28(33)20-14-8-9-15-23(20)30(27(28)32)26(18-10-4-2-5-11-18)19-12-6-3-7-13-19;1-2-4-5-3-1/h2-17,26,31,33H,1H3;1-4H2. The van der Waals surface area contributed by atoms with E-state index in [2.05, 4.69) is 0 Å². The van der Waals surface area contributed by atoms with Crippen LogP contribution in [0.5, 0.6) is 11.5 Å². The summed E-state index contributed by atoms with van der Waals surface area (Å²) in [7, 11) is 1.28. The fourth-order valence-corrected chi connectivity index (χ4v) is 5.17. The number of hydrogen-bond donors (Lipinski definition) is 2. The third-order valence-electron chi connectivity index (χ3n) is 7.06. The lowest BCUT2D eigenvalue weighted by Gasteiger charge is -2.31. The number of aromatic hydroxyl groups is 1. The van der Waals surface area contributed by atoms with E-state index in [0.717, 1.165) is 30.4 Å². The van der Waals surface area contributed by atoms with Crippen molar-refractivity contribution in [3.05, 3.63) is 125 Å². The Hall–Kier alpha value is -4.20. The van der Waals surface area contributed by atoms with Crippen molar-refractivity contribution in [1.82, 2.24) is 0 Å². The van der Waals surface area contributed by atoms with Crippen LogP contribution in [0.3, 0.4) is 0 Å². The largest absolute Gasteiger partial charge is 0.507 e. The average molecular weight is 528 g/mol. The highest BCUT2D eigenvalue weighted by Crippen LogP contribution is 2.51. The number of nitrogens with zero attached hydrogens (tertiary/aromatic N) is 1. The molecule has 7 heteroatoms. The molecule has 1 fully saturated rings. The molecule has 2 aliphatic heterocycles. The first-order chi connectivity index (χ1) is 19.0. The molecule has 0 saturated carbocycles. The minimum Gasteiger partial charge on any atom is -0.507 e. The van der Waals surface area contributed by atoms with Crippen LogP contribution in [-0.2, 0) is 15.1 Å². The molecule has 4 aromatic carbocycles. The van der Waals surface area contributed by atoms with Crippen molar-refractivity contribution in [3.63, 3.8) is 0 Å². The second-order valence-electron chi connectivity index (χ2n) is 9.45. The SMILES string of the molecule is C1CCOC1.COc1cc(C2(O)C(=O)N(C(c3ccccc3)c3ccccc3)c3ccccc32)c(O)cc1F. The number of methoxy groups -OCH3 is 1. The number of amides is 1. The van der Waals surface area contributed by atoms with Crippen LogP contribution in [0, 0.1) is 5.82 Å². The molecule has 1 amide bonds. The molecule has 1 atom stereocenters. The van der Waals surface area contributed by atoms with E-state index in [9.17, 15) is 19.4 Å². The van der Waals surface area contributed by atoms with E-state index in [1.165, 1.54) is 30.9 Å². The van der Waals surface area contributed by atoms with Crippen molar-refractivity contribution in [1.29, 1.82) is 0 Å². The lowest BCUT2D eigenvalue weighted by molar-refractivity contribution is -0.132. The first-order valence-corrected chi connectivity index (χ1v) is 12.9. The van der Waals surface area contributed by atoms with Crippen LogP contribution < -0.4 is 9.64 Å². The molecule has 2 N–H and O–H groups in total. The van der Waals surface area contributed by atoms with Crippen molar-refractivity contribution in [2.24, 2.45) is 0 Å². The zero-order valence-electron chi connectivity index (χ0n) is 21.6. The Labute approximate surface area is 226 Å². The van der Waals surface area contributed by atoms with E-state index in [0.29, 0.717) is 11.3 Å². The van der Waals surface area contributed by atoms with Gasteiger partial charge in [-0.1, -0.05) is 78.9 Å². The number of aliphatic hydroxyl groups is 1. The summed E-state index contributed by atoms with van der Waals surface area (Å²) in [5.74, 6) is -2.18. The molecule has 2 aliphatic rings. The van der Waals surface area contributed by atoms with Crippen LogP contribution in [0.2, 0.25) is 0 Å². The minimum atomic E-state index is -2.25. The maximum Gasteiger partial charge on any atom is 0.269 e. The Morgan fingerprint density at radius 2 is 1.44 bits per heavy atom. The first kappa shape index (κ1) is 26.4. The van der Waals surface area contributed by atoms with Gasteiger partial charge in [-0.05, 0) is 36.1 Å². The van der Waals surface area contributed by atoms with E-state index >= 15 is 0 Å². The lowest BCUT2D eigenvalue weighted by Crippen LogP contribution is -2.43. The third-order valence-corrected chi connectivity index (χ3v) is 7.06. The Morgan fingerprint density at radius 1 is 0.872 bits per heavy atom. The second-order valence-corrected chi connectivity index (χ2v) is 9.45. The van der Waals surface area contributed by atoms with Crippen LogP contribution in [-0.4, -0.2) is 36.4 Å². The van der Waals surface area contributed by atoms with Crippen LogP contribution in [0.1, 0.15) is 41.1 Å². The molecule has 2 heterocycles. The van der Waals surface area contributed by atoms with Crippen LogP contribution >= 0.6 is 0 Å². The van der Waals surface area contributed by atoms with E-state index in [1.54, 1.807) is 24.3 Å². The molecule has 0 radical (unpaired) electrons. The molecule has 0 aromatic heterocycles. The molecule has 4 aromatic rings. The smallest absolute Gasteiger partial charge is 0.269 e. The van der Waals surface area contributed by atoms with E-state index < -0.39 is 29.1 Å². The Morgan fingerprint density at radius 3 is 1.97 bits per heavy atom. The van der Waals surface area contributed by atoms with E-state index in [1.807, 2.05) is 60.7 Å². The highest BCUT2D eigenvalue weighted by molar-refractivity contribution is 6.10. The van der Waals surface area contributed by atoms with Gasteiger partial charge in [0.05, 0.1) is 18.8 Å². The van der Waals surface area contributed by atoms with Crippen molar-refractivity contribution in [3.8, 4) is 11.5 Å². The summed E-state index contributed by atoms with van der Waals surface area (Å²) >= 11 is 0. The maximum absolute atomic E-state index is 14.2. The van der Waals surface area contributed by atoms with E-state index in [-0.39, 0.29) is 11.3 Å². The average Bonchev–Trinajstić information content (AvgIpc) is 3.62. The summed E-state index contributed by atoms with van der Waals surface area (Å²) in [4.78, 5) is 15.7. The maximum atomic E-state index is 14.2. The van der Waals surface area contributed by atoms with Crippen LogP contribution in [0.4, 0.5) is 10.1 Å². The van der Waals surface area contributed by atoms with Crippen molar-refractivity contribution >= 4 is 11.6 Å². The second kappa shape index (κ2) is 11.3. The number of phenolic OH excluding ortho intramolecular Hbond substituents is 1.